The van der Waals surface area contributed by atoms with Crippen molar-refractivity contribution in [3.63, 3.8) is 0 Å². The Morgan fingerprint density at radius 1 is 1.10 bits per heavy atom. The van der Waals surface area contributed by atoms with E-state index < -0.39 is 0 Å². The van der Waals surface area contributed by atoms with E-state index >= 15 is 0 Å². The molecule has 1 unspecified atom stereocenters. The van der Waals surface area contributed by atoms with Gasteiger partial charge in [-0.1, -0.05) is 13.8 Å². The predicted octanol–water partition coefficient (Wildman–Crippen LogP) is 2.03. The number of nitrogens with zero attached hydrogens (tertiary/aromatic N) is 1. The highest BCUT2D eigenvalue weighted by Gasteiger charge is 2.08. The molecule has 0 fully saturated rings. The molecule has 120 valence electrons. The number of nitrogens with one attached hydrogen (secondary N) is 2. The average molecular weight is 287 g/mol. The summed E-state index contributed by atoms with van der Waals surface area (Å²) in [6.45, 7) is 12.5. The molecule has 5 heteroatoms. The molecule has 0 aromatic carbocycles. The summed E-state index contributed by atoms with van der Waals surface area (Å²) in [6, 6.07) is 0.421. The minimum absolute atomic E-state index is 0.421. The molecule has 0 bridgehead atoms. The number of guanidine groups is 1. The molecule has 1 atom stereocenters. The summed E-state index contributed by atoms with van der Waals surface area (Å²) in [4.78, 5) is 4.58. The Bertz CT molecular complexity index is 245. The summed E-state index contributed by atoms with van der Waals surface area (Å²) in [5, 5.41) is 6.71. The largest absolute Gasteiger partial charge is 0.382 e. The topological polar surface area (TPSA) is 54.9 Å². The molecule has 0 aliphatic heterocycles. The quantitative estimate of drug-likeness (QED) is 0.347. The van der Waals surface area contributed by atoms with E-state index in [-0.39, 0.29) is 0 Å². The number of hydrogen-bond donors (Lipinski definition) is 2. The molecule has 0 saturated carbocycles. The highest BCUT2D eigenvalue weighted by Crippen LogP contribution is 1.99. The predicted molar refractivity (Wildman–Crippen MR) is 85.3 cm³/mol. The van der Waals surface area contributed by atoms with Crippen LogP contribution in [0.1, 0.15) is 40.5 Å². The molecule has 0 saturated heterocycles. The monoisotopic (exact) mass is 287 g/mol. The Morgan fingerprint density at radius 3 is 2.45 bits per heavy atom. The maximum absolute atomic E-state index is 5.42. The van der Waals surface area contributed by atoms with Gasteiger partial charge >= 0.3 is 0 Å². The number of rotatable bonds is 11. The van der Waals surface area contributed by atoms with Gasteiger partial charge in [0.15, 0.2) is 5.96 Å². The lowest BCUT2D eigenvalue weighted by Gasteiger charge is -2.20. The van der Waals surface area contributed by atoms with Crippen LogP contribution in [0.4, 0.5) is 0 Å². The van der Waals surface area contributed by atoms with Gasteiger partial charge in [0.05, 0.1) is 13.2 Å². The van der Waals surface area contributed by atoms with Crippen LogP contribution in [0.2, 0.25) is 0 Å². The molecule has 0 spiro atoms. The van der Waals surface area contributed by atoms with Crippen LogP contribution in [0.25, 0.3) is 0 Å². The third-order valence-corrected chi connectivity index (χ3v) is 3.11. The van der Waals surface area contributed by atoms with Crippen molar-refractivity contribution in [1.82, 2.24) is 10.6 Å². The van der Waals surface area contributed by atoms with E-state index in [9.17, 15) is 0 Å². The summed E-state index contributed by atoms with van der Waals surface area (Å²) in [7, 11) is 1.69. The molecule has 0 aromatic rings. The Morgan fingerprint density at radius 2 is 1.85 bits per heavy atom. The van der Waals surface area contributed by atoms with Crippen molar-refractivity contribution in [1.29, 1.82) is 0 Å². The number of methoxy groups -OCH3 is 1. The Hall–Kier alpha value is -0.810. The minimum atomic E-state index is 0.421. The van der Waals surface area contributed by atoms with Crippen molar-refractivity contribution in [2.45, 2.75) is 46.6 Å². The van der Waals surface area contributed by atoms with Crippen LogP contribution in [0.15, 0.2) is 4.99 Å². The smallest absolute Gasteiger partial charge is 0.191 e. The second-order valence-electron chi connectivity index (χ2n) is 5.25. The Labute approximate surface area is 124 Å². The van der Waals surface area contributed by atoms with Crippen molar-refractivity contribution < 1.29 is 9.47 Å². The average Bonchev–Trinajstić information content (AvgIpc) is 2.41. The normalized spacial score (nSPS) is 13.6. The van der Waals surface area contributed by atoms with Gasteiger partial charge in [0.25, 0.3) is 0 Å². The molecular formula is C15H33N3O2. The lowest BCUT2D eigenvalue weighted by atomic mass is 10.1. The first-order valence-corrected chi connectivity index (χ1v) is 7.73. The van der Waals surface area contributed by atoms with Crippen LogP contribution >= 0.6 is 0 Å². The third-order valence-electron chi connectivity index (χ3n) is 3.11. The standard InChI is InChI=1S/C15H33N3O2/c1-6-16-15(18-14(4)13(2)3)17-9-7-8-10-20-12-11-19-5/h13-14H,6-12H2,1-5H3,(H2,16,17,18). The van der Waals surface area contributed by atoms with Crippen molar-refractivity contribution in [3.05, 3.63) is 0 Å². The molecule has 0 aromatic heterocycles. The van der Waals surface area contributed by atoms with E-state index in [1.54, 1.807) is 7.11 Å². The SMILES string of the molecule is CCNC(=NCCCCOCCOC)NC(C)C(C)C. The molecule has 5 nitrogen and oxygen atoms in total. The van der Waals surface area contributed by atoms with Crippen molar-refractivity contribution in [2.24, 2.45) is 10.9 Å². The molecule has 0 aliphatic rings. The molecule has 0 aliphatic carbocycles. The lowest BCUT2D eigenvalue weighted by molar-refractivity contribution is 0.0690. The zero-order chi connectivity index (χ0) is 15.2. The van der Waals surface area contributed by atoms with Crippen molar-refractivity contribution >= 4 is 5.96 Å². The van der Waals surface area contributed by atoms with Crippen LogP contribution in [-0.4, -0.2) is 52.0 Å². The van der Waals surface area contributed by atoms with Crippen LogP contribution in [0.5, 0.6) is 0 Å². The van der Waals surface area contributed by atoms with Gasteiger partial charge in [0.1, 0.15) is 0 Å². The van der Waals surface area contributed by atoms with Gasteiger partial charge in [-0.3, -0.25) is 4.99 Å². The summed E-state index contributed by atoms with van der Waals surface area (Å²) < 4.78 is 10.3. The van der Waals surface area contributed by atoms with Gasteiger partial charge in [-0.15, -0.1) is 0 Å². The molecular weight excluding hydrogens is 254 g/mol. The lowest BCUT2D eigenvalue weighted by Crippen LogP contribution is -2.44. The number of hydrogen-bond acceptors (Lipinski definition) is 3. The Kier molecular flexibility index (Phi) is 12.7. The van der Waals surface area contributed by atoms with Gasteiger partial charge in [-0.05, 0) is 32.6 Å². The third kappa shape index (κ3) is 11.1. The number of unbranched alkanes of at least 4 members (excludes halogenated alkanes) is 1. The molecule has 0 radical (unpaired) electrons. The maximum atomic E-state index is 5.42. The Balaban J connectivity index is 3.79. The van der Waals surface area contributed by atoms with Gasteiger partial charge in [0, 0.05) is 32.8 Å². The fraction of sp³-hybridized carbons (Fsp3) is 0.933. The van der Waals surface area contributed by atoms with Crippen LogP contribution in [-0.2, 0) is 9.47 Å². The summed E-state index contributed by atoms with van der Waals surface area (Å²) >= 11 is 0. The van der Waals surface area contributed by atoms with E-state index in [1.807, 2.05) is 0 Å². The summed E-state index contributed by atoms with van der Waals surface area (Å²) in [5.41, 5.74) is 0. The van der Waals surface area contributed by atoms with E-state index in [2.05, 4.69) is 43.3 Å². The first kappa shape index (κ1) is 19.2. The van der Waals surface area contributed by atoms with Gasteiger partial charge in [-0.2, -0.15) is 0 Å². The van der Waals surface area contributed by atoms with Crippen molar-refractivity contribution in [2.75, 3.05) is 40.0 Å². The van der Waals surface area contributed by atoms with E-state index in [0.717, 1.165) is 38.5 Å². The molecule has 20 heavy (non-hydrogen) atoms. The van der Waals surface area contributed by atoms with Crippen molar-refractivity contribution in [3.8, 4) is 0 Å². The van der Waals surface area contributed by atoms with Gasteiger partial charge in [0.2, 0.25) is 0 Å². The maximum Gasteiger partial charge on any atom is 0.191 e. The summed E-state index contributed by atoms with van der Waals surface area (Å²) in [6.07, 6.45) is 2.08. The molecule has 0 heterocycles. The van der Waals surface area contributed by atoms with Crippen LogP contribution in [0.3, 0.4) is 0 Å². The second-order valence-corrected chi connectivity index (χ2v) is 5.25. The molecule has 0 amide bonds. The van der Waals surface area contributed by atoms with Crippen LogP contribution < -0.4 is 10.6 Å². The zero-order valence-electron chi connectivity index (χ0n) is 13.9. The number of ether oxygens (including phenoxy) is 2. The molecule has 0 rings (SSSR count). The fourth-order valence-electron chi connectivity index (χ4n) is 1.45. The van der Waals surface area contributed by atoms with E-state index in [0.29, 0.717) is 25.2 Å². The van der Waals surface area contributed by atoms with Gasteiger partial charge < -0.3 is 20.1 Å². The highest BCUT2D eigenvalue weighted by molar-refractivity contribution is 5.80. The highest BCUT2D eigenvalue weighted by atomic mass is 16.5. The van der Waals surface area contributed by atoms with Crippen LogP contribution in [0, 0.1) is 5.92 Å². The first-order chi connectivity index (χ1) is 9.61. The zero-order valence-corrected chi connectivity index (χ0v) is 13.9. The minimum Gasteiger partial charge on any atom is -0.382 e. The fourth-order valence-corrected chi connectivity index (χ4v) is 1.45. The van der Waals surface area contributed by atoms with E-state index in [4.69, 9.17) is 9.47 Å². The first-order valence-electron chi connectivity index (χ1n) is 7.73. The molecule has 2 N–H and O–H groups in total. The summed E-state index contributed by atoms with van der Waals surface area (Å²) in [5.74, 6) is 1.50. The van der Waals surface area contributed by atoms with E-state index in [1.165, 1.54) is 0 Å². The number of aliphatic imine (C=N–C) groups is 1. The second kappa shape index (κ2) is 13.2. The van der Waals surface area contributed by atoms with Gasteiger partial charge in [-0.25, -0.2) is 0 Å².